The summed E-state index contributed by atoms with van der Waals surface area (Å²) in [6.45, 7) is 2.02. The molecule has 0 radical (unpaired) electrons. The molecular weight excluding hydrogens is 266 g/mol. The first kappa shape index (κ1) is 14.8. The van der Waals surface area contributed by atoms with Gasteiger partial charge >= 0.3 is 5.97 Å². The van der Waals surface area contributed by atoms with E-state index in [-0.39, 0.29) is 18.3 Å². The van der Waals surface area contributed by atoms with Crippen molar-refractivity contribution in [1.29, 1.82) is 0 Å². The highest BCUT2D eigenvalue weighted by Gasteiger charge is 2.36. The van der Waals surface area contributed by atoms with Gasteiger partial charge in [0.2, 0.25) is 10.0 Å². The van der Waals surface area contributed by atoms with Crippen LogP contribution < -0.4 is 0 Å². The first-order valence-electron chi connectivity index (χ1n) is 7.12. The van der Waals surface area contributed by atoms with Gasteiger partial charge < -0.3 is 5.11 Å². The normalized spacial score (nSPS) is 29.9. The Labute approximate surface area is 115 Å². The summed E-state index contributed by atoms with van der Waals surface area (Å²) in [5, 5.41) is 9.05. The maximum Gasteiger partial charge on any atom is 0.307 e. The van der Waals surface area contributed by atoms with Crippen LogP contribution in [-0.4, -0.2) is 42.1 Å². The third kappa shape index (κ3) is 3.48. The van der Waals surface area contributed by atoms with Crippen molar-refractivity contribution >= 4 is 16.0 Å². The van der Waals surface area contributed by atoms with E-state index in [0.717, 1.165) is 19.3 Å². The number of piperidine rings is 1. The predicted molar refractivity (Wildman–Crippen MR) is 72.3 cm³/mol. The van der Waals surface area contributed by atoms with Crippen LogP contribution in [0, 0.1) is 11.8 Å². The molecule has 1 N–H and O–H groups in total. The first-order chi connectivity index (χ1) is 8.90. The average molecular weight is 289 g/mol. The smallest absolute Gasteiger partial charge is 0.307 e. The number of carboxylic acids is 1. The van der Waals surface area contributed by atoms with Crippen LogP contribution in [0.5, 0.6) is 0 Å². The highest BCUT2D eigenvalue weighted by molar-refractivity contribution is 7.89. The van der Waals surface area contributed by atoms with Gasteiger partial charge in [0.25, 0.3) is 0 Å². The number of carboxylic acid groups (broad SMARTS) is 1. The molecule has 2 fully saturated rings. The Morgan fingerprint density at radius 1 is 1.26 bits per heavy atom. The zero-order chi connectivity index (χ0) is 14.0. The predicted octanol–water partition coefficient (Wildman–Crippen LogP) is 1.69. The van der Waals surface area contributed by atoms with E-state index in [9.17, 15) is 13.2 Å². The maximum atomic E-state index is 12.3. The van der Waals surface area contributed by atoms with E-state index < -0.39 is 21.9 Å². The van der Waals surface area contributed by atoms with Gasteiger partial charge in [-0.15, -0.1) is 0 Å². The van der Waals surface area contributed by atoms with Crippen molar-refractivity contribution in [2.75, 3.05) is 12.3 Å². The molecule has 0 spiro atoms. The van der Waals surface area contributed by atoms with Crippen LogP contribution in [0.15, 0.2) is 0 Å². The van der Waals surface area contributed by atoms with Crippen LogP contribution >= 0.6 is 0 Å². The minimum atomic E-state index is -3.30. The van der Waals surface area contributed by atoms with Crippen molar-refractivity contribution in [2.24, 2.45) is 11.8 Å². The zero-order valence-corrected chi connectivity index (χ0v) is 12.2. The van der Waals surface area contributed by atoms with E-state index in [1.807, 2.05) is 6.92 Å². The Bertz CT molecular complexity index is 430. The Morgan fingerprint density at radius 2 is 1.95 bits per heavy atom. The molecular formula is C13H23NO4S. The van der Waals surface area contributed by atoms with E-state index in [4.69, 9.17) is 5.11 Å². The van der Waals surface area contributed by atoms with E-state index >= 15 is 0 Å². The monoisotopic (exact) mass is 289 g/mol. The first-order valence-corrected chi connectivity index (χ1v) is 8.73. The number of hydrogen-bond donors (Lipinski definition) is 1. The van der Waals surface area contributed by atoms with E-state index in [0.29, 0.717) is 18.8 Å². The molecule has 1 heterocycles. The highest BCUT2D eigenvalue weighted by atomic mass is 32.2. The lowest BCUT2D eigenvalue weighted by molar-refractivity contribution is -0.143. The number of rotatable bonds is 5. The lowest BCUT2D eigenvalue weighted by Crippen LogP contribution is -2.48. The molecule has 0 aromatic rings. The van der Waals surface area contributed by atoms with Crippen LogP contribution in [0.25, 0.3) is 0 Å². The summed E-state index contributed by atoms with van der Waals surface area (Å²) in [7, 11) is -3.30. The van der Waals surface area contributed by atoms with Crippen LogP contribution in [0.1, 0.15) is 45.4 Å². The lowest BCUT2D eigenvalue weighted by atomic mass is 9.84. The second-order valence-corrected chi connectivity index (χ2v) is 7.97. The molecule has 19 heavy (non-hydrogen) atoms. The summed E-state index contributed by atoms with van der Waals surface area (Å²) < 4.78 is 26.1. The van der Waals surface area contributed by atoms with Gasteiger partial charge in [0, 0.05) is 12.6 Å². The minimum Gasteiger partial charge on any atom is -0.481 e. The summed E-state index contributed by atoms with van der Waals surface area (Å²) in [5.41, 5.74) is 0. The van der Waals surface area contributed by atoms with Crippen molar-refractivity contribution < 1.29 is 18.3 Å². The van der Waals surface area contributed by atoms with Crippen LogP contribution in [0.3, 0.4) is 0 Å². The minimum absolute atomic E-state index is 0.0676. The largest absolute Gasteiger partial charge is 0.481 e. The Morgan fingerprint density at radius 3 is 2.47 bits per heavy atom. The van der Waals surface area contributed by atoms with E-state index in [1.165, 1.54) is 10.7 Å². The molecule has 0 aromatic heterocycles. The van der Waals surface area contributed by atoms with E-state index in [2.05, 4.69) is 0 Å². The van der Waals surface area contributed by atoms with Crippen LogP contribution in [0.4, 0.5) is 0 Å². The van der Waals surface area contributed by atoms with Crippen molar-refractivity contribution in [3.63, 3.8) is 0 Å². The maximum absolute atomic E-state index is 12.3. The van der Waals surface area contributed by atoms with Crippen molar-refractivity contribution in [1.82, 2.24) is 4.31 Å². The van der Waals surface area contributed by atoms with Gasteiger partial charge in [-0.25, -0.2) is 8.42 Å². The summed E-state index contributed by atoms with van der Waals surface area (Å²) in [6.07, 6.45) is 5.44. The quantitative estimate of drug-likeness (QED) is 0.835. The molecule has 1 aliphatic carbocycles. The number of carbonyl (C=O) groups is 1. The summed E-state index contributed by atoms with van der Waals surface area (Å²) in [6, 6.07) is -0.0676. The second kappa shape index (κ2) is 5.79. The van der Waals surface area contributed by atoms with Crippen LogP contribution in [0.2, 0.25) is 0 Å². The van der Waals surface area contributed by atoms with Gasteiger partial charge in [-0.2, -0.15) is 4.31 Å². The molecule has 1 aliphatic heterocycles. The van der Waals surface area contributed by atoms with E-state index in [1.54, 1.807) is 0 Å². The SMILES string of the molecule is CC1CCC(C(=O)O)CN1S(=O)(=O)CCC1CCC1. The number of sulfonamides is 1. The summed E-state index contributed by atoms with van der Waals surface area (Å²) in [5.74, 6) is -0.695. The van der Waals surface area contributed by atoms with Crippen molar-refractivity contribution in [3.8, 4) is 0 Å². The van der Waals surface area contributed by atoms with Gasteiger partial charge in [-0.1, -0.05) is 19.3 Å². The molecule has 2 aliphatic rings. The van der Waals surface area contributed by atoms with Gasteiger partial charge in [-0.3, -0.25) is 4.79 Å². The fourth-order valence-electron chi connectivity index (χ4n) is 2.88. The fraction of sp³-hybridized carbons (Fsp3) is 0.923. The van der Waals surface area contributed by atoms with Crippen molar-refractivity contribution in [2.45, 2.75) is 51.5 Å². The fourth-order valence-corrected chi connectivity index (χ4v) is 4.80. The summed E-state index contributed by atoms with van der Waals surface area (Å²) in [4.78, 5) is 11.0. The van der Waals surface area contributed by atoms with Gasteiger partial charge in [0.1, 0.15) is 0 Å². The molecule has 2 atom stereocenters. The third-order valence-electron chi connectivity index (χ3n) is 4.54. The standard InChI is InChI=1S/C13H23NO4S/c1-10-5-6-12(13(15)16)9-14(10)19(17,18)8-7-11-3-2-4-11/h10-12H,2-9H2,1H3,(H,15,16). The Hall–Kier alpha value is -0.620. The van der Waals surface area contributed by atoms with Gasteiger partial charge in [0.15, 0.2) is 0 Å². The molecule has 6 heteroatoms. The molecule has 0 aromatic carbocycles. The molecule has 110 valence electrons. The molecule has 5 nitrogen and oxygen atoms in total. The summed E-state index contributed by atoms with van der Waals surface area (Å²) >= 11 is 0. The second-order valence-electron chi connectivity index (χ2n) is 5.93. The number of aliphatic carboxylic acids is 1. The zero-order valence-electron chi connectivity index (χ0n) is 11.4. The number of nitrogens with zero attached hydrogens (tertiary/aromatic N) is 1. The molecule has 2 rings (SSSR count). The molecule has 0 bridgehead atoms. The molecule has 2 unspecified atom stereocenters. The Kier molecular flexibility index (Phi) is 4.50. The van der Waals surface area contributed by atoms with Crippen LogP contribution in [-0.2, 0) is 14.8 Å². The van der Waals surface area contributed by atoms with Crippen molar-refractivity contribution in [3.05, 3.63) is 0 Å². The Balaban J connectivity index is 1.97. The molecule has 1 saturated heterocycles. The average Bonchev–Trinajstić information content (AvgIpc) is 2.26. The molecule has 1 saturated carbocycles. The highest BCUT2D eigenvalue weighted by Crippen LogP contribution is 2.31. The topological polar surface area (TPSA) is 74.7 Å². The molecule has 0 amide bonds. The number of hydrogen-bond acceptors (Lipinski definition) is 3. The lowest BCUT2D eigenvalue weighted by Gasteiger charge is -2.36. The van der Waals surface area contributed by atoms with Gasteiger partial charge in [0.05, 0.1) is 11.7 Å². The third-order valence-corrected chi connectivity index (χ3v) is 6.52. The van der Waals surface area contributed by atoms with Gasteiger partial charge in [-0.05, 0) is 32.1 Å².